The summed E-state index contributed by atoms with van der Waals surface area (Å²) >= 11 is 0. The van der Waals surface area contributed by atoms with Gasteiger partial charge in [-0.3, -0.25) is 9.59 Å². The Balaban J connectivity index is 1.49. The zero-order chi connectivity index (χ0) is 16.6. The maximum absolute atomic E-state index is 12.7. The summed E-state index contributed by atoms with van der Waals surface area (Å²) in [4.78, 5) is 30.7. The molecule has 6 heteroatoms. The summed E-state index contributed by atoms with van der Waals surface area (Å²) < 4.78 is 5.26. The van der Waals surface area contributed by atoms with Crippen molar-refractivity contribution in [3.8, 4) is 11.3 Å². The molecular formula is C18H19N3O3. The van der Waals surface area contributed by atoms with Crippen molar-refractivity contribution >= 4 is 11.8 Å². The van der Waals surface area contributed by atoms with Crippen LogP contribution in [0.4, 0.5) is 0 Å². The van der Waals surface area contributed by atoms with E-state index in [2.05, 4.69) is 10.3 Å². The van der Waals surface area contributed by atoms with Gasteiger partial charge in [-0.15, -0.1) is 0 Å². The van der Waals surface area contributed by atoms with E-state index < -0.39 is 0 Å². The minimum atomic E-state index is -0.381. The van der Waals surface area contributed by atoms with Gasteiger partial charge in [0.1, 0.15) is 0 Å². The number of hydrogen-bond donors (Lipinski definition) is 1. The number of benzene rings is 1. The van der Waals surface area contributed by atoms with E-state index in [-0.39, 0.29) is 17.2 Å². The molecule has 4 rings (SSSR count). The molecule has 2 aliphatic rings. The quantitative estimate of drug-likeness (QED) is 0.917. The van der Waals surface area contributed by atoms with Gasteiger partial charge in [-0.2, -0.15) is 0 Å². The van der Waals surface area contributed by atoms with Crippen LogP contribution in [0.5, 0.6) is 0 Å². The number of amides is 2. The van der Waals surface area contributed by atoms with Gasteiger partial charge >= 0.3 is 0 Å². The van der Waals surface area contributed by atoms with Crippen molar-refractivity contribution < 1.29 is 14.0 Å². The van der Waals surface area contributed by atoms with E-state index in [0.717, 1.165) is 31.4 Å². The van der Waals surface area contributed by atoms with Crippen molar-refractivity contribution in [2.24, 2.45) is 5.41 Å². The highest BCUT2D eigenvalue weighted by atomic mass is 16.3. The van der Waals surface area contributed by atoms with Crippen LogP contribution in [0.15, 0.2) is 41.3 Å². The Hall–Kier alpha value is -2.63. The molecule has 1 N–H and O–H groups in total. The molecule has 1 spiro atoms. The molecule has 2 fully saturated rings. The van der Waals surface area contributed by atoms with Gasteiger partial charge in [-0.1, -0.05) is 12.1 Å². The van der Waals surface area contributed by atoms with Crippen LogP contribution in [0.1, 0.15) is 29.6 Å². The van der Waals surface area contributed by atoms with Crippen molar-refractivity contribution in [1.82, 2.24) is 15.2 Å². The van der Waals surface area contributed by atoms with Crippen molar-refractivity contribution in [2.45, 2.75) is 19.3 Å². The van der Waals surface area contributed by atoms with Gasteiger partial charge in [0, 0.05) is 30.8 Å². The van der Waals surface area contributed by atoms with Crippen LogP contribution in [0.2, 0.25) is 0 Å². The Labute approximate surface area is 139 Å². The van der Waals surface area contributed by atoms with Gasteiger partial charge in [-0.25, -0.2) is 4.98 Å². The molecule has 3 heterocycles. The van der Waals surface area contributed by atoms with Gasteiger partial charge in [0.2, 0.25) is 5.91 Å². The average Bonchev–Trinajstić information content (AvgIpc) is 3.28. The number of oxazole rings is 1. The monoisotopic (exact) mass is 325 g/mol. The summed E-state index contributed by atoms with van der Waals surface area (Å²) in [7, 11) is 0. The lowest BCUT2D eigenvalue weighted by Crippen LogP contribution is -2.47. The van der Waals surface area contributed by atoms with Gasteiger partial charge in [0.05, 0.1) is 11.6 Å². The molecule has 1 aromatic heterocycles. The van der Waals surface area contributed by atoms with Crippen molar-refractivity contribution in [1.29, 1.82) is 0 Å². The van der Waals surface area contributed by atoms with Crippen LogP contribution >= 0.6 is 0 Å². The first-order chi connectivity index (χ1) is 11.7. The molecule has 2 amide bonds. The molecule has 2 aromatic rings. The number of nitrogens with one attached hydrogen (secondary N) is 1. The second-order valence-electron chi connectivity index (χ2n) is 6.56. The van der Waals surface area contributed by atoms with Gasteiger partial charge in [0.25, 0.3) is 5.91 Å². The maximum Gasteiger partial charge on any atom is 0.253 e. The maximum atomic E-state index is 12.7. The third-order valence-electron chi connectivity index (χ3n) is 5.09. The third-order valence-corrected chi connectivity index (χ3v) is 5.09. The summed E-state index contributed by atoms with van der Waals surface area (Å²) in [6, 6.07) is 7.30. The molecule has 2 aliphatic heterocycles. The van der Waals surface area contributed by atoms with Crippen LogP contribution in [-0.2, 0) is 4.79 Å². The Kier molecular flexibility index (Phi) is 3.59. The largest absolute Gasteiger partial charge is 0.444 e. The molecule has 0 unspecified atom stereocenters. The highest BCUT2D eigenvalue weighted by molar-refractivity contribution is 5.96. The van der Waals surface area contributed by atoms with E-state index in [1.54, 1.807) is 23.2 Å². The fourth-order valence-electron chi connectivity index (χ4n) is 3.68. The zero-order valence-electron chi connectivity index (χ0n) is 13.3. The van der Waals surface area contributed by atoms with E-state index in [0.29, 0.717) is 24.4 Å². The Morgan fingerprint density at radius 1 is 1.25 bits per heavy atom. The topological polar surface area (TPSA) is 75.4 Å². The van der Waals surface area contributed by atoms with Crippen LogP contribution in [0.3, 0.4) is 0 Å². The van der Waals surface area contributed by atoms with Crippen LogP contribution in [0, 0.1) is 5.41 Å². The number of hydrogen-bond acceptors (Lipinski definition) is 4. The summed E-state index contributed by atoms with van der Waals surface area (Å²) in [5, 5.41) is 2.94. The summed E-state index contributed by atoms with van der Waals surface area (Å²) in [6.07, 6.45) is 5.63. The van der Waals surface area contributed by atoms with E-state index in [4.69, 9.17) is 4.42 Å². The molecule has 1 aromatic carbocycles. The fourth-order valence-corrected chi connectivity index (χ4v) is 3.68. The van der Waals surface area contributed by atoms with E-state index in [1.165, 1.54) is 6.39 Å². The van der Waals surface area contributed by atoms with E-state index in [1.807, 2.05) is 12.1 Å². The number of rotatable bonds is 2. The highest BCUT2D eigenvalue weighted by Crippen LogP contribution is 2.37. The molecule has 0 saturated carbocycles. The average molecular weight is 325 g/mol. The number of nitrogens with zero attached hydrogens (tertiary/aromatic N) is 2. The van der Waals surface area contributed by atoms with Crippen molar-refractivity contribution in [2.75, 3.05) is 19.6 Å². The van der Waals surface area contributed by atoms with Gasteiger partial charge in [-0.05, 0) is 31.4 Å². The van der Waals surface area contributed by atoms with E-state index >= 15 is 0 Å². The second-order valence-corrected chi connectivity index (χ2v) is 6.56. The lowest BCUT2D eigenvalue weighted by Gasteiger charge is -2.32. The minimum Gasteiger partial charge on any atom is -0.444 e. The summed E-state index contributed by atoms with van der Waals surface area (Å²) in [5.41, 5.74) is 1.13. The molecule has 6 nitrogen and oxygen atoms in total. The lowest BCUT2D eigenvalue weighted by atomic mass is 9.79. The highest BCUT2D eigenvalue weighted by Gasteiger charge is 2.46. The number of aromatic nitrogens is 1. The molecule has 124 valence electrons. The van der Waals surface area contributed by atoms with E-state index in [9.17, 15) is 9.59 Å². The first-order valence-corrected chi connectivity index (χ1v) is 8.24. The zero-order valence-corrected chi connectivity index (χ0v) is 13.3. The number of piperidine rings is 1. The van der Waals surface area contributed by atoms with Gasteiger partial charge in [0.15, 0.2) is 12.2 Å². The molecular weight excluding hydrogens is 306 g/mol. The van der Waals surface area contributed by atoms with Gasteiger partial charge < -0.3 is 14.6 Å². The molecule has 0 radical (unpaired) electrons. The Bertz CT molecular complexity index is 754. The first kappa shape index (κ1) is 14.9. The number of carbonyl (C=O) groups is 2. The van der Waals surface area contributed by atoms with Crippen molar-refractivity contribution in [3.05, 3.63) is 42.4 Å². The minimum absolute atomic E-state index is 0.0191. The molecule has 0 bridgehead atoms. The third kappa shape index (κ3) is 2.48. The predicted molar refractivity (Wildman–Crippen MR) is 87.1 cm³/mol. The SMILES string of the molecule is O=C(c1ccc(-c2cnco2)cc1)N1CC[C@@]2(CCCNC2=O)C1. The number of likely N-dealkylation sites (tertiary alicyclic amines) is 1. The molecule has 2 saturated heterocycles. The smallest absolute Gasteiger partial charge is 0.253 e. The molecule has 1 atom stereocenters. The molecule has 24 heavy (non-hydrogen) atoms. The standard InChI is InChI=1S/C18H19N3O3/c22-16(14-4-2-13(3-5-14)15-10-19-12-24-15)21-9-7-18(11-21)6-1-8-20-17(18)23/h2-5,10,12H,1,6-9,11H2,(H,20,23)/t18-/m0/s1. The Morgan fingerprint density at radius 2 is 2.08 bits per heavy atom. The van der Waals surface area contributed by atoms with Crippen LogP contribution in [-0.4, -0.2) is 41.3 Å². The number of carbonyl (C=O) groups excluding carboxylic acids is 2. The van der Waals surface area contributed by atoms with Crippen LogP contribution in [0.25, 0.3) is 11.3 Å². The normalized spacial score (nSPS) is 23.5. The molecule has 0 aliphatic carbocycles. The first-order valence-electron chi connectivity index (χ1n) is 8.24. The lowest BCUT2D eigenvalue weighted by molar-refractivity contribution is -0.132. The fraction of sp³-hybridized carbons (Fsp3) is 0.389. The van der Waals surface area contributed by atoms with Crippen LogP contribution < -0.4 is 5.32 Å². The Morgan fingerprint density at radius 3 is 2.79 bits per heavy atom. The van der Waals surface area contributed by atoms with Crippen molar-refractivity contribution in [3.63, 3.8) is 0 Å². The summed E-state index contributed by atoms with van der Waals surface area (Å²) in [6.45, 7) is 1.90. The predicted octanol–water partition coefficient (Wildman–Crippen LogP) is 2.08. The second kappa shape index (κ2) is 5.78. The summed E-state index contributed by atoms with van der Waals surface area (Å²) in [5.74, 6) is 0.757.